The summed E-state index contributed by atoms with van der Waals surface area (Å²) in [5.74, 6) is 1.31. The van der Waals surface area contributed by atoms with Gasteiger partial charge < -0.3 is 24.4 Å². The van der Waals surface area contributed by atoms with Crippen LogP contribution in [-0.2, 0) is 11.3 Å². The maximum Gasteiger partial charge on any atom is 0.267 e. The Hall–Kier alpha value is -2.73. The van der Waals surface area contributed by atoms with Gasteiger partial charge >= 0.3 is 0 Å². The lowest BCUT2D eigenvalue weighted by Gasteiger charge is -2.31. The monoisotopic (exact) mass is 356 g/mol. The fraction of sp³-hybridized carbons (Fsp3) is 0.350. The number of carbonyl (C=O) groups excluding carboxylic acids is 1. The topological polar surface area (TPSA) is 62.2 Å². The van der Waals surface area contributed by atoms with Crippen molar-refractivity contribution in [1.82, 2.24) is 9.80 Å². The molecule has 3 rings (SSSR count). The van der Waals surface area contributed by atoms with Crippen LogP contribution in [0.3, 0.4) is 0 Å². The highest BCUT2D eigenvalue weighted by atomic mass is 16.6. The third kappa shape index (κ3) is 4.46. The van der Waals surface area contributed by atoms with Crippen LogP contribution in [0.5, 0.6) is 17.2 Å². The lowest BCUT2D eigenvalue weighted by atomic mass is 10.1. The summed E-state index contributed by atoms with van der Waals surface area (Å²) in [4.78, 5) is 16.8. The number of fused-ring (bicyclic) bond motifs is 1. The van der Waals surface area contributed by atoms with Crippen LogP contribution in [-0.4, -0.2) is 60.7 Å². The zero-order chi connectivity index (χ0) is 18.5. The zero-order valence-corrected chi connectivity index (χ0v) is 15.1. The van der Waals surface area contributed by atoms with Crippen molar-refractivity contribution in [2.75, 3.05) is 33.8 Å². The van der Waals surface area contributed by atoms with Crippen molar-refractivity contribution < 1.29 is 19.4 Å². The van der Waals surface area contributed by atoms with Crippen molar-refractivity contribution in [2.45, 2.75) is 12.6 Å². The highest BCUT2D eigenvalue weighted by molar-refractivity contribution is 5.82. The van der Waals surface area contributed by atoms with Crippen molar-refractivity contribution in [1.29, 1.82) is 0 Å². The van der Waals surface area contributed by atoms with Crippen LogP contribution >= 0.6 is 0 Å². The smallest absolute Gasteiger partial charge is 0.267 e. The molecule has 0 aliphatic carbocycles. The molecule has 0 saturated heterocycles. The fourth-order valence-electron chi connectivity index (χ4n) is 2.81. The largest absolute Gasteiger partial charge is 0.508 e. The van der Waals surface area contributed by atoms with Gasteiger partial charge in [-0.15, -0.1) is 0 Å². The van der Waals surface area contributed by atoms with Crippen LogP contribution in [0.2, 0.25) is 0 Å². The van der Waals surface area contributed by atoms with Gasteiger partial charge in [0.1, 0.15) is 12.4 Å². The Balaban J connectivity index is 1.74. The van der Waals surface area contributed by atoms with Crippen LogP contribution in [0.1, 0.15) is 5.56 Å². The van der Waals surface area contributed by atoms with Gasteiger partial charge in [-0.3, -0.25) is 4.79 Å². The Morgan fingerprint density at radius 3 is 2.62 bits per heavy atom. The molecule has 1 heterocycles. The van der Waals surface area contributed by atoms with Crippen LogP contribution in [0.25, 0.3) is 0 Å². The quantitative estimate of drug-likeness (QED) is 0.859. The van der Waals surface area contributed by atoms with E-state index < -0.39 is 6.10 Å². The summed E-state index contributed by atoms with van der Waals surface area (Å²) >= 11 is 0. The Morgan fingerprint density at radius 2 is 1.88 bits per heavy atom. The molecule has 0 spiro atoms. The van der Waals surface area contributed by atoms with Crippen molar-refractivity contribution in [3.8, 4) is 17.2 Å². The highest BCUT2D eigenvalue weighted by Gasteiger charge is 2.31. The number of carbonyl (C=O) groups is 1. The molecule has 1 N–H and O–H groups in total. The number of para-hydroxylation sites is 2. The van der Waals surface area contributed by atoms with E-state index in [4.69, 9.17) is 9.47 Å². The van der Waals surface area contributed by atoms with Crippen LogP contribution in [0.4, 0.5) is 0 Å². The minimum atomic E-state index is -0.677. The average molecular weight is 356 g/mol. The number of amides is 1. The molecule has 0 aromatic heterocycles. The zero-order valence-electron chi connectivity index (χ0n) is 15.1. The summed E-state index contributed by atoms with van der Waals surface area (Å²) in [6.07, 6.45) is -0.677. The number of likely N-dealkylation sites (N-methyl/N-ethyl adjacent to an activating group) is 1. The molecular formula is C20H24N2O4. The van der Waals surface area contributed by atoms with Crippen LogP contribution in [0.15, 0.2) is 48.5 Å². The minimum Gasteiger partial charge on any atom is -0.508 e. The molecule has 2 aromatic carbocycles. The van der Waals surface area contributed by atoms with Gasteiger partial charge in [0.2, 0.25) is 6.10 Å². The number of phenols is 1. The first kappa shape index (κ1) is 18.1. The first-order chi connectivity index (χ1) is 12.5. The van der Waals surface area contributed by atoms with Gasteiger partial charge in [-0.1, -0.05) is 24.3 Å². The second kappa shape index (κ2) is 8.10. The van der Waals surface area contributed by atoms with E-state index in [-0.39, 0.29) is 18.3 Å². The third-order valence-electron chi connectivity index (χ3n) is 4.20. The summed E-state index contributed by atoms with van der Waals surface area (Å²) in [6, 6.07) is 14.3. The summed E-state index contributed by atoms with van der Waals surface area (Å²) in [6.45, 7) is 1.88. The molecule has 2 aromatic rings. The molecule has 0 saturated carbocycles. The molecule has 6 heteroatoms. The van der Waals surface area contributed by atoms with E-state index in [0.717, 1.165) is 12.1 Å². The maximum atomic E-state index is 13.0. The van der Waals surface area contributed by atoms with Gasteiger partial charge in [0.05, 0.1) is 0 Å². The van der Waals surface area contributed by atoms with Gasteiger partial charge in [0.25, 0.3) is 5.91 Å². The van der Waals surface area contributed by atoms with Gasteiger partial charge in [0.15, 0.2) is 11.5 Å². The number of hydrogen-bond donors (Lipinski definition) is 1. The summed E-state index contributed by atoms with van der Waals surface area (Å²) in [7, 11) is 3.93. The molecule has 1 amide bonds. The average Bonchev–Trinajstić information content (AvgIpc) is 2.64. The van der Waals surface area contributed by atoms with Crippen LogP contribution < -0.4 is 9.47 Å². The molecule has 26 heavy (non-hydrogen) atoms. The molecule has 1 aliphatic rings. The molecule has 1 aliphatic heterocycles. The Morgan fingerprint density at radius 1 is 1.12 bits per heavy atom. The molecule has 0 fully saturated rings. The standard InChI is InChI=1S/C20H24N2O4/c1-21(2)10-11-22(13-15-6-5-7-16(23)12-15)20(24)19-14-25-17-8-3-4-9-18(17)26-19/h3-9,12,19,23H,10-11,13-14H2,1-2H3. The highest BCUT2D eigenvalue weighted by Crippen LogP contribution is 2.31. The molecule has 6 nitrogen and oxygen atoms in total. The number of benzene rings is 2. The third-order valence-corrected chi connectivity index (χ3v) is 4.20. The minimum absolute atomic E-state index is 0.121. The number of ether oxygens (including phenoxy) is 2. The number of phenolic OH excluding ortho intramolecular Hbond substituents is 1. The molecule has 0 radical (unpaired) electrons. The maximum absolute atomic E-state index is 13.0. The second-order valence-electron chi connectivity index (χ2n) is 6.60. The van der Waals surface area contributed by atoms with E-state index >= 15 is 0 Å². The van der Waals surface area contributed by atoms with E-state index in [1.165, 1.54) is 0 Å². The number of hydrogen-bond acceptors (Lipinski definition) is 5. The van der Waals surface area contributed by atoms with Crippen LogP contribution in [0, 0.1) is 0 Å². The van der Waals surface area contributed by atoms with Crippen molar-refractivity contribution in [3.05, 3.63) is 54.1 Å². The van der Waals surface area contributed by atoms with Gasteiger partial charge in [-0.05, 0) is 43.9 Å². The molecular weight excluding hydrogens is 332 g/mol. The Kier molecular flexibility index (Phi) is 5.63. The first-order valence-electron chi connectivity index (χ1n) is 8.63. The van der Waals surface area contributed by atoms with Crippen molar-refractivity contribution in [2.24, 2.45) is 0 Å². The predicted octanol–water partition coefficient (Wildman–Crippen LogP) is 2.12. The lowest BCUT2D eigenvalue weighted by Crippen LogP contribution is -2.47. The van der Waals surface area contributed by atoms with E-state index in [1.54, 1.807) is 29.2 Å². The Labute approximate surface area is 153 Å². The van der Waals surface area contributed by atoms with E-state index in [0.29, 0.717) is 24.6 Å². The molecule has 1 unspecified atom stereocenters. The van der Waals surface area contributed by atoms with Crippen molar-refractivity contribution in [3.63, 3.8) is 0 Å². The number of nitrogens with zero attached hydrogens (tertiary/aromatic N) is 2. The summed E-state index contributed by atoms with van der Waals surface area (Å²) < 4.78 is 11.5. The first-order valence-corrected chi connectivity index (χ1v) is 8.63. The van der Waals surface area contributed by atoms with Crippen molar-refractivity contribution >= 4 is 5.91 Å². The van der Waals surface area contributed by atoms with E-state index in [1.807, 2.05) is 43.3 Å². The van der Waals surface area contributed by atoms with E-state index in [2.05, 4.69) is 0 Å². The number of aromatic hydroxyl groups is 1. The van der Waals surface area contributed by atoms with E-state index in [9.17, 15) is 9.90 Å². The predicted molar refractivity (Wildman–Crippen MR) is 98.4 cm³/mol. The Bertz CT molecular complexity index is 763. The number of rotatable bonds is 6. The van der Waals surface area contributed by atoms with Gasteiger partial charge in [0, 0.05) is 19.6 Å². The molecule has 138 valence electrons. The molecule has 1 atom stereocenters. The second-order valence-corrected chi connectivity index (χ2v) is 6.60. The van der Waals surface area contributed by atoms with Gasteiger partial charge in [-0.2, -0.15) is 0 Å². The summed E-state index contributed by atoms with van der Waals surface area (Å²) in [5, 5.41) is 9.68. The normalized spacial score (nSPS) is 15.7. The van der Waals surface area contributed by atoms with Gasteiger partial charge in [-0.25, -0.2) is 0 Å². The molecule has 0 bridgehead atoms. The lowest BCUT2D eigenvalue weighted by molar-refractivity contribution is -0.142. The SMILES string of the molecule is CN(C)CCN(Cc1cccc(O)c1)C(=O)C1COc2ccccc2O1. The fourth-order valence-corrected chi connectivity index (χ4v) is 2.81. The summed E-state index contributed by atoms with van der Waals surface area (Å²) in [5.41, 5.74) is 0.870.